The molecule has 0 amide bonds. The van der Waals surface area contributed by atoms with E-state index in [1.54, 1.807) is 0 Å². The summed E-state index contributed by atoms with van der Waals surface area (Å²) in [4.78, 5) is 0. The van der Waals surface area contributed by atoms with Crippen molar-refractivity contribution in [2.45, 2.75) is 84.7 Å². The summed E-state index contributed by atoms with van der Waals surface area (Å²) in [5.41, 5.74) is 0.886. The first-order chi connectivity index (χ1) is 9.95. The molecule has 1 heteroatoms. The fourth-order valence-corrected chi connectivity index (χ4v) is 7.44. The lowest BCUT2D eigenvalue weighted by atomic mass is 9.44. The lowest BCUT2D eigenvalue weighted by molar-refractivity contribution is -0.125. The SMILES string of the molecule is C[C@@H]1CC[C@@]2(C)C(CCC3C2CC[C@]2(C)C(O)CCC32)C1. The molecule has 0 spiro atoms. The van der Waals surface area contributed by atoms with Gasteiger partial charge in [-0.25, -0.2) is 0 Å². The molecule has 0 heterocycles. The Morgan fingerprint density at radius 2 is 1.52 bits per heavy atom. The quantitative estimate of drug-likeness (QED) is 0.663. The van der Waals surface area contributed by atoms with E-state index in [0.717, 1.165) is 36.0 Å². The van der Waals surface area contributed by atoms with E-state index >= 15 is 0 Å². The van der Waals surface area contributed by atoms with E-state index in [9.17, 15) is 5.11 Å². The first kappa shape index (κ1) is 14.5. The Bertz CT molecular complexity index is 418. The summed E-state index contributed by atoms with van der Waals surface area (Å²) in [5.74, 6) is 4.67. The maximum absolute atomic E-state index is 10.5. The molecule has 0 bridgehead atoms. The minimum absolute atomic E-state index is 0.0136. The van der Waals surface area contributed by atoms with Crippen molar-refractivity contribution < 1.29 is 5.11 Å². The first-order valence-electron chi connectivity index (χ1n) is 9.63. The summed E-state index contributed by atoms with van der Waals surface area (Å²) in [5, 5.41) is 10.5. The van der Waals surface area contributed by atoms with E-state index in [1.165, 1.54) is 51.4 Å². The summed E-state index contributed by atoms with van der Waals surface area (Å²) in [6.07, 6.45) is 12.4. The number of aliphatic hydroxyl groups excluding tert-OH is 1. The average molecular weight is 290 g/mol. The Balaban J connectivity index is 1.62. The third-order valence-corrected chi connectivity index (χ3v) is 8.88. The van der Waals surface area contributed by atoms with Gasteiger partial charge in [-0.1, -0.05) is 27.2 Å². The maximum atomic E-state index is 10.5. The van der Waals surface area contributed by atoms with Crippen molar-refractivity contribution in [2.75, 3.05) is 0 Å². The van der Waals surface area contributed by atoms with Crippen LogP contribution >= 0.6 is 0 Å². The number of hydrogen-bond acceptors (Lipinski definition) is 1. The summed E-state index contributed by atoms with van der Waals surface area (Å²) in [7, 11) is 0. The van der Waals surface area contributed by atoms with Gasteiger partial charge < -0.3 is 5.11 Å². The van der Waals surface area contributed by atoms with Gasteiger partial charge >= 0.3 is 0 Å². The van der Waals surface area contributed by atoms with Crippen LogP contribution in [0.15, 0.2) is 0 Å². The highest BCUT2D eigenvalue weighted by atomic mass is 16.3. The molecule has 0 aromatic carbocycles. The van der Waals surface area contributed by atoms with E-state index < -0.39 is 0 Å². The molecule has 1 nitrogen and oxygen atoms in total. The predicted octanol–water partition coefficient (Wildman–Crippen LogP) is 5.03. The minimum Gasteiger partial charge on any atom is -0.393 e. The molecule has 4 aliphatic rings. The van der Waals surface area contributed by atoms with Crippen LogP contribution in [0.1, 0.15) is 78.6 Å². The standard InChI is InChI=1S/C20H34O/c1-13-8-10-19(2)14(12-13)4-5-15-16-6-7-18(21)20(16,3)11-9-17(15)19/h13-18,21H,4-12H2,1-3H3/t13-,14?,15?,16?,17?,18?,19+,20+/m1/s1. The van der Waals surface area contributed by atoms with E-state index in [0.29, 0.717) is 5.41 Å². The summed E-state index contributed by atoms with van der Waals surface area (Å²) in [6, 6.07) is 0. The zero-order valence-corrected chi connectivity index (χ0v) is 14.3. The van der Waals surface area contributed by atoms with Gasteiger partial charge in [0, 0.05) is 0 Å². The zero-order chi connectivity index (χ0) is 14.8. The summed E-state index contributed by atoms with van der Waals surface area (Å²) < 4.78 is 0. The Labute approximate surface area is 130 Å². The fourth-order valence-electron chi connectivity index (χ4n) is 7.44. The monoisotopic (exact) mass is 290 g/mol. The number of hydrogen-bond donors (Lipinski definition) is 1. The van der Waals surface area contributed by atoms with Crippen LogP contribution in [0.25, 0.3) is 0 Å². The second kappa shape index (κ2) is 4.73. The minimum atomic E-state index is -0.0136. The molecular formula is C20H34O. The zero-order valence-electron chi connectivity index (χ0n) is 14.3. The normalized spacial score (nSPS) is 60.0. The van der Waals surface area contributed by atoms with Crippen molar-refractivity contribution in [3.05, 3.63) is 0 Å². The third kappa shape index (κ3) is 1.92. The Hall–Kier alpha value is -0.0400. The third-order valence-electron chi connectivity index (χ3n) is 8.88. The van der Waals surface area contributed by atoms with Gasteiger partial charge in [0.05, 0.1) is 6.10 Å². The topological polar surface area (TPSA) is 20.2 Å². The van der Waals surface area contributed by atoms with E-state index in [2.05, 4.69) is 20.8 Å². The van der Waals surface area contributed by atoms with Gasteiger partial charge in [-0.05, 0) is 91.8 Å². The molecule has 0 aromatic rings. The number of rotatable bonds is 0. The highest BCUT2D eigenvalue weighted by Crippen LogP contribution is 2.66. The number of fused-ring (bicyclic) bond motifs is 5. The van der Waals surface area contributed by atoms with Crippen LogP contribution < -0.4 is 0 Å². The Kier molecular flexibility index (Phi) is 3.27. The summed E-state index contributed by atoms with van der Waals surface area (Å²) >= 11 is 0. The van der Waals surface area contributed by atoms with E-state index in [-0.39, 0.29) is 11.5 Å². The highest BCUT2D eigenvalue weighted by molar-refractivity contribution is 5.09. The van der Waals surface area contributed by atoms with Crippen molar-refractivity contribution in [3.8, 4) is 0 Å². The van der Waals surface area contributed by atoms with Crippen molar-refractivity contribution in [3.63, 3.8) is 0 Å². The molecular weight excluding hydrogens is 256 g/mol. The van der Waals surface area contributed by atoms with Crippen LogP contribution in [0.3, 0.4) is 0 Å². The Morgan fingerprint density at radius 1 is 0.810 bits per heavy atom. The largest absolute Gasteiger partial charge is 0.393 e. The van der Waals surface area contributed by atoms with E-state index in [4.69, 9.17) is 0 Å². The molecule has 0 aromatic heterocycles. The van der Waals surface area contributed by atoms with Gasteiger partial charge in [-0.2, -0.15) is 0 Å². The molecule has 8 atom stereocenters. The van der Waals surface area contributed by atoms with Gasteiger partial charge in [0.15, 0.2) is 0 Å². The van der Waals surface area contributed by atoms with Gasteiger partial charge in [0.25, 0.3) is 0 Å². The van der Waals surface area contributed by atoms with Crippen LogP contribution in [0, 0.1) is 40.4 Å². The molecule has 4 rings (SSSR count). The second-order valence-corrected chi connectivity index (χ2v) is 9.67. The lowest BCUT2D eigenvalue weighted by Gasteiger charge is -2.60. The van der Waals surface area contributed by atoms with Crippen molar-refractivity contribution >= 4 is 0 Å². The molecule has 0 aliphatic heterocycles. The molecule has 0 radical (unpaired) electrons. The van der Waals surface area contributed by atoms with Crippen molar-refractivity contribution in [1.29, 1.82) is 0 Å². The van der Waals surface area contributed by atoms with Crippen LogP contribution in [0.2, 0.25) is 0 Å². The molecule has 120 valence electrons. The predicted molar refractivity (Wildman–Crippen MR) is 86.9 cm³/mol. The van der Waals surface area contributed by atoms with Gasteiger partial charge in [-0.15, -0.1) is 0 Å². The van der Waals surface area contributed by atoms with Crippen molar-refractivity contribution in [2.24, 2.45) is 40.4 Å². The fraction of sp³-hybridized carbons (Fsp3) is 1.00. The van der Waals surface area contributed by atoms with Gasteiger partial charge in [0.1, 0.15) is 0 Å². The maximum Gasteiger partial charge on any atom is 0.0596 e. The molecule has 1 N–H and O–H groups in total. The second-order valence-electron chi connectivity index (χ2n) is 9.67. The molecule has 0 saturated heterocycles. The van der Waals surface area contributed by atoms with Crippen LogP contribution in [0.4, 0.5) is 0 Å². The lowest BCUT2D eigenvalue weighted by Crippen LogP contribution is -2.53. The molecule has 4 aliphatic carbocycles. The molecule has 4 saturated carbocycles. The Morgan fingerprint density at radius 3 is 2.33 bits per heavy atom. The van der Waals surface area contributed by atoms with Crippen LogP contribution in [0.5, 0.6) is 0 Å². The van der Waals surface area contributed by atoms with Crippen molar-refractivity contribution in [1.82, 2.24) is 0 Å². The number of aliphatic hydroxyl groups is 1. The average Bonchev–Trinajstić information content (AvgIpc) is 2.76. The van der Waals surface area contributed by atoms with Crippen LogP contribution in [-0.4, -0.2) is 11.2 Å². The first-order valence-corrected chi connectivity index (χ1v) is 9.63. The van der Waals surface area contributed by atoms with Crippen LogP contribution in [-0.2, 0) is 0 Å². The van der Waals surface area contributed by atoms with Gasteiger partial charge in [0.2, 0.25) is 0 Å². The van der Waals surface area contributed by atoms with E-state index in [1.807, 2.05) is 0 Å². The molecule has 4 fully saturated rings. The molecule has 5 unspecified atom stereocenters. The molecule has 21 heavy (non-hydrogen) atoms. The highest BCUT2D eigenvalue weighted by Gasteiger charge is 2.59. The van der Waals surface area contributed by atoms with Gasteiger partial charge in [-0.3, -0.25) is 0 Å². The summed E-state index contributed by atoms with van der Waals surface area (Å²) in [6.45, 7) is 7.52. The smallest absolute Gasteiger partial charge is 0.0596 e.